The molecule has 0 bridgehead atoms. The van der Waals surface area contributed by atoms with Crippen molar-refractivity contribution < 1.29 is 9.90 Å². The molecule has 1 atom stereocenters. The van der Waals surface area contributed by atoms with Gasteiger partial charge in [0.15, 0.2) is 0 Å². The molecule has 0 spiro atoms. The number of rotatable bonds is 5. The van der Waals surface area contributed by atoms with Crippen LogP contribution in [0.15, 0.2) is 28.7 Å². The summed E-state index contributed by atoms with van der Waals surface area (Å²) < 4.78 is 0.940. The van der Waals surface area contributed by atoms with Crippen LogP contribution < -0.4 is 5.32 Å². The van der Waals surface area contributed by atoms with E-state index in [0.29, 0.717) is 18.5 Å². The second-order valence-corrected chi connectivity index (χ2v) is 4.58. The quantitative estimate of drug-likeness (QED) is 0.873. The van der Waals surface area contributed by atoms with E-state index in [2.05, 4.69) is 21.2 Å². The van der Waals surface area contributed by atoms with Crippen molar-refractivity contribution in [3.05, 3.63) is 34.3 Å². The molecule has 4 heteroatoms. The van der Waals surface area contributed by atoms with Crippen molar-refractivity contribution in [2.24, 2.45) is 0 Å². The molecule has 0 fully saturated rings. The molecule has 0 aliphatic rings. The fourth-order valence-electron chi connectivity index (χ4n) is 1.35. The maximum atomic E-state index is 11.6. The van der Waals surface area contributed by atoms with E-state index in [9.17, 15) is 9.90 Å². The Hall–Kier alpha value is -0.870. The highest BCUT2D eigenvalue weighted by Gasteiger charge is 2.07. The molecule has 0 saturated heterocycles. The molecule has 1 aromatic rings. The Bertz CT molecular complexity index is 337. The molecule has 1 unspecified atom stereocenters. The van der Waals surface area contributed by atoms with Gasteiger partial charge in [0.05, 0.1) is 6.10 Å². The summed E-state index contributed by atoms with van der Waals surface area (Å²) in [5, 5.41) is 12.2. The van der Waals surface area contributed by atoms with Crippen molar-refractivity contribution in [2.75, 3.05) is 6.54 Å². The Labute approximate surface area is 104 Å². The van der Waals surface area contributed by atoms with E-state index in [1.807, 2.05) is 19.1 Å². The topological polar surface area (TPSA) is 49.3 Å². The van der Waals surface area contributed by atoms with E-state index in [-0.39, 0.29) is 5.91 Å². The fourth-order valence-corrected chi connectivity index (χ4v) is 1.61. The molecule has 3 nitrogen and oxygen atoms in total. The summed E-state index contributed by atoms with van der Waals surface area (Å²) in [4.78, 5) is 11.6. The van der Waals surface area contributed by atoms with Crippen molar-refractivity contribution in [2.45, 2.75) is 25.9 Å². The highest BCUT2D eigenvalue weighted by atomic mass is 79.9. The van der Waals surface area contributed by atoms with Crippen LogP contribution in [0.25, 0.3) is 0 Å². The van der Waals surface area contributed by atoms with Crippen molar-refractivity contribution in [1.82, 2.24) is 5.32 Å². The number of nitrogens with one attached hydrogen (secondary N) is 1. The standard InChI is InChI=1S/C12H16BrNO2/c1-2-3-11(15)8-14-12(16)9-4-6-10(13)7-5-9/h4-7,11,15H,2-3,8H2,1H3,(H,14,16). The summed E-state index contributed by atoms with van der Waals surface area (Å²) in [6, 6.07) is 7.12. The Morgan fingerprint density at radius 2 is 2.06 bits per heavy atom. The first-order chi connectivity index (χ1) is 7.63. The average Bonchev–Trinajstić information content (AvgIpc) is 2.27. The number of carbonyl (C=O) groups excluding carboxylic acids is 1. The second kappa shape index (κ2) is 6.66. The molecule has 0 heterocycles. The van der Waals surface area contributed by atoms with Crippen LogP contribution in [0.5, 0.6) is 0 Å². The lowest BCUT2D eigenvalue weighted by atomic mass is 10.2. The van der Waals surface area contributed by atoms with E-state index in [1.54, 1.807) is 12.1 Å². The minimum absolute atomic E-state index is 0.150. The zero-order chi connectivity index (χ0) is 12.0. The minimum atomic E-state index is -0.454. The third-order valence-electron chi connectivity index (χ3n) is 2.23. The van der Waals surface area contributed by atoms with Gasteiger partial charge in [-0.2, -0.15) is 0 Å². The zero-order valence-electron chi connectivity index (χ0n) is 9.24. The molecule has 2 N–H and O–H groups in total. The van der Waals surface area contributed by atoms with Gasteiger partial charge in [-0.15, -0.1) is 0 Å². The van der Waals surface area contributed by atoms with Gasteiger partial charge >= 0.3 is 0 Å². The van der Waals surface area contributed by atoms with Crippen LogP contribution in [0.1, 0.15) is 30.1 Å². The van der Waals surface area contributed by atoms with E-state index < -0.39 is 6.10 Å². The third kappa shape index (κ3) is 4.33. The van der Waals surface area contributed by atoms with Gasteiger partial charge in [0.2, 0.25) is 0 Å². The summed E-state index contributed by atoms with van der Waals surface area (Å²) >= 11 is 3.31. The molecule has 0 aromatic heterocycles. The van der Waals surface area contributed by atoms with Gasteiger partial charge in [-0.05, 0) is 30.7 Å². The molecular formula is C12H16BrNO2. The highest BCUT2D eigenvalue weighted by Crippen LogP contribution is 2.10. The third-order valence-corrected chi connectivity index (χ3v) is 2.76. The summed E-state index contributed by atoms with van der Waals surface area (Å²) in [7, 11) is 0. The summed E-state index contributed by atoms with van der Waals surface area (Å²) in [5.41, 5.74) is 0.604. The highest BCUT2D eigenvalue weighted by molar-refractivity contribution is 9.10. The second-order valence-electron chi connectivity index (χ2n) is 3.66. The van der Waals surface area contributed by atoms with Gasteiger partial charge in [-0.3, -0.25) is 4.79 Å². The lowest BCUT2D eigenvalue weighted by Gasteiger charge is -2.10. The van der Waals surface area contributed by atoms with Crippen LogP contribution >= 0.6 is 15.9 Å². The number of aliphatic hydroxyl groups excluding tert-OH is 1. The van der Waals surface area contributed by atoms with E-state index in [1.165, 1.54) is 0 Å². The number of amides is 1. The van der Waals surface area contributed by atoms with Crippen molar-refractivity contribution >= 4 is 21.8 Å². The molecule has 88 valence electrons. The number of benzene rings is 1. The van der Waals surface area contributed by atoms with E-state index in [0.717, 1.165) is 10.9 Å². The minimum Gasteiger partial charge on any atom is -0.391 e. The average molecular weight is 286 g/mol. The normalized spacial score (nSPS) is 12.2. The molecule has 0 aliphatic heterocycles. The SMILES string of the molecule is CCCC(O)CNC(=O)c1ccc(Br)cc1. The molecule has 1 aromatic carbocycles. The smallest absolute Gasteiger partial charge is 0.251 e. The Balaban J connectivity index is 2.43. The molecular weight excluding hydrogens is 270 g/mol. The Kier molecular flexibility index (Phi) is 5.49. The predicted molar refractivity (Wildman–Crippen MR) is 67.4 cm³/mol. The zero-order valence-corrected chi connectivity index (χ0v) is 10.8. The number of carbonyl (C=O) groups is 1. The molecule has 16 heavy (non-hydrogen) atoms. The Morgan fingerprint density at radius 1 is 1.44 bits per heavy atom. The first kappa shape index (κ1) is 13.2. The largest absolute Gasteiger partial charge is 0.391 e. The van der Waals surface area contributed by atoms with Gasteiger partial charge in [-0.25, -0.2) is 0 Å². The van der Waals surface area contributed by atoms with Gasteiger partial charge in [-0.1, -0.05) is 29.3 Å². The summed E-state index contributed by atoms with van der Waals surface area (Å²) in [5.74, 6) is -0.150. The van der Waals surface area contributed by atoms with Crippen LogP contribution in [-0.2, 0) is 0 Å². The van der Waals surface area contributed by atoms with E-state index in [4.69, 9.17) is 0 Å². The number of hydrogen-bond donors (Lipinski definition) is 2. The molecule has 1 rings (SSSR count). The maximum absolute atomic E-state index is 11.6. The van der Waals surface area contributed by atoms with Gasteiger partial charge in [0.25, 0.3) is 5.91 Å². The molecule has 0 radical (unpaired) electrons. The van der Waals surface area contributed by atoms with Gasteiger partial charge < -0.3 is 10.4 Å². The molecule has 0 saturated carbocycles. The number of aliphatic hydroxyl groups is 1. The predicted octanol–water partition coefficient (Wildman–Crippen LogP) is 2.34. The van der Waals surface area contributed by atoms with Crippen molar-refractivity contribution in [3.8, 4) is 0 Å². The van der Waals surface area contributed by atoms with E-state index >= 15 is 0 Å². The monoisotopic (exact) mass is 285 g/mol. The number of hydrogen-bond acceptors (Lipinski definition) is 2. The number of halogens is 1. The van der Waals surface area contributed by atoms with Gasteiger partial charge in [0, 0.05) is 16.6 Å². The van der Waals surface area contributed by atoms with Crippen LogP contribution in [0.3, 0.4) is 0 Å². The fraction of sp³-hybridized carbons (Fsp3) is 0.417. The summed E-state index contributed by atoms with van der Waals surface area (Å²) in [6.07, 6.45) is 1.17. The van der Waals surface area contributed by atoms with Crippen LogP contribution in [0, 0.1) is 0 Å². The molecule has 0 aliphatic carbocycles. The van der Waals surface area contributed by atoms with Crippen LogP contribution in [0.2, 0.25) is 0 Å². The van der Waals surface area contributed by atoms with Crippen LogP contribution in [-0.4, -0.2) is 23.7 Å². The summed E-state index contributed by atoms with van der Waals surface area (Å²) in [6.45, 7) is 2.31. The maximum Gasteiger partial charge on any atom is 0.251 e. The van der Waals surface area contributed by atoms with Crippen molar-refractivity contribution in [3.63, 3.8) is 0 Å². The lowest BCUT2D eigenvalue weighted by Crippen LogP contribution is -2.31. The van der Waals surface area contributed by atoms with Crippen LogP contribution in [0.4, 0.5) is 0 Å². The molecule has 1 amide bonds. The van der Waals surface area contributed by atoms with Crippen molar-refractivity contribution in [1.29, 1.82) is 0 Å². The first-order valence-corrected chi connectivity index (χ1v) is 6.14. The van der Waals surface area contributed by atoms with Gasteiger partial charge in [0.1, 0.15) is 0 Å². The first-order valence-electron chi connectivity index (χ1n) is 5.35. The Morgan fingerprint density at radius 3 is 2.62 bits per heavy atom. The lowest BCUT2D eigenvalue weighted by molar-refractivity contribution is 0.0910.